The van der Waals surface area contributed by atoms with Crippen molar-refractivity contribution in [3.63, 3.8) is 0 Å². The van der Waals surface area contributed by atoms with Gasteiger partial charge in [0.1, 0.15) is 5.78 Å². The predicted octanol–water partition coefficient (Wildman–Crippen LogP) is 4.78. The van der Waals surface area contributed by atoms with E-state index in [0.717, 1.165) is 25.2 Å². The fourth-order valence-corrected chi connectivity index (χ4v) is 6.94. The van der Waals surface area contributed by atoms with Crippen molar-refractivity contribution >= 4 is 12.0 Å². The molecule has 1 N–H and O–H groups in total. The lowest BCUT2D eigenvalue weighted by atomic mass is 9.44. The Hall–Kier alpha value is -0.920. The highest BCUT2D eigenvalue weighted by atomic mass is 16.1. The maximum atomic E-state index is 12.5. The second-order valence-electron chi connectivity index (χ2n) is 8.73. The van der Waals surface area contributed by atoms with Gasteiger partial charge in [0.25, 0.3) is 0 Å². The van der Waals surface area contributed by atoms with Crippen molar-refractivity contribution in [3.05, 3.63) is 12.2 Å². The fraction of sp³-hybridized carbons (Fsp3) is 0.800. The quantitative estimate of drug-likeness (QED) is 0.549. The van der Waals surface area contributed by atoms with Gasteiger partial charge in [-0.05, 0) is 67.6 Å². The van der Waals surface area contributed by atoms with E-state index >= 15 is 0 Å². The molecule has 4 rings (SSSR count). The second-order valence-corrected chi connectivity index (χ2v) is 8.73. The lowest BCUT2D eigenvalue weighted by Crippen LogP contribution is -2.54. The fourth-order valence-electron chi connectivity index (χ4n) is 6.94. The van der Waals surface area contributed by atoms with E-state index in [1.165, 1.54) is 43.9 Å². The van der Waals surface area contributed by atoms with E-state index in [4.69, 9.17) is 5.41 Å². The van der Waals surface area contributed by atoms with Crippen LogP contribution in [0.1, 0.15) is 64.7 Å². The second kappa shape index (κ2) is 4.79. The van der Waals surface area contributed by atoms with Gasteiger partial charge in [0, 0.05) is 12.6 Å². The predicted molar refractivity (Wildman–Crippen MR) is 89.0 cm³/mol. The summed E-state index contributed by atoms with van der Waals surface area (Å²) < 4.78 is 0. The average molecular weight is 299 g/mol. The van der Waals surface area contributed by atoms with Crippen LogP contribution in [0.15, 0.2) is 12.2 Å². The smallest absolute Gasteiger partial charge is 0.144 e. The molecule has 0 aromatic heterocycles. The summed E-state index contributed by atoms with van der Waals surface area (Å²) in [6.07, 6.45) is 11.9. The zero-order valence-electron chi connectivity index (χ0n) is 13.9. The van der Waals surface area contributed by atoms with Gasteiger partial charge in [0.15, 0.2) is 0 Å². The van der Waals surface area contributed by atoms with Crippen LogP contribution >= 0.6 is 0 Å². The number of rotatable bonds is 1. The summed E-state index contributed by atoms with van der Waals surface area (Å²) in [5.41, 5.74) is 1.45. The van der Waals surface area contributed by atoms with Crippen molar-refractivity contribution in [2.75, 3.05) is 0 Å². The minimum atomic E-state index is -0.429. The van der Waals surface area contributed by atoms with E-state index < -0.39 is 5.41 Å². The van der Waals surface area contributed by atoms with Gasteiger partial charge in [0.05, 0.1) is 5.41 Å². The molecule has 0 spiro atoms. The van der Waals surface area contributed by atoms with E-state index in [-0.39, 0.29) is 0 Å². The van der Waals surface area contributed by atoms with Crippen molar-refractivity contribution in [1.82, 2.24) is 0 Å². The molecule has 4 fully saturated rings. The number of allylic oxidation sites excluding steroid dienone is 1. The van der Waals surface area contributed by atoms with E-state index in [1.54, 1.807) is 0 Å². The van der Waals surface area contributed by atoms with Crippen LogP contribution in [0.3, 0.4) is 0 Å². The summed E-state index contributed by atoms with van der Waals surface area (Å²) in [5.74, 6) is 2.75. The van der Waals surface area contributed by atoms with Crippen molar-refractivity contribution < 1.29 is 4.79 Å². The van der Waals surface area contributed by atoms with Crippen molar-refractivity contribution in [3.8, 4) is 0 Å². The van der Waals surface area contributed by atoms with Crippen LogP contribution in [0.4, 0.5) is 0 Å². The summed E-state index contributed by atoms with van der Waals surface area (Å²) >= 11 is 0. The van der Waals surface area contributed by atoms with E-state index in [1.807, 2.05) is 0 Å². The highest BCUT2D eigenvalue weighted by Crippen LogP contribution is 2.66. The van der Waals surface area contributed by atoms with Gasteiger partial charge in [-0.1, -0.05) is 31.9 Å². The lowest BCUT2D eigenvalue weighted by molar-refractivity contribution is -0.129. The minimum absolute atomic E-state index is 0.342. The van der Waals surface area contributed by atoms with Crippen molar-refractivity contribution in [1.29, 1.82) is 5.41 Å². The normalized spacial score (nSPS) is 51.0. The van der Waals surface area contributed by atoms with Gasteiger partial charge in [-0.25, -0.2) is 0 Å². The first-order valence-electron chi connectivity index (χ1n) is 9.25. The topological polar surface area (TPSA) is 40.9 Å². The molecular formula is C20H29NO. The third-order valence-electron chi connectivity index (χ3n) is 8.13. The molecule has 0 bridgehead atoms. The zero-order chi connectivity index (χ0) is 15.5. The molecule has 0 radical (unpaired) electrons. The van der Waals surface area contributed by atoms with Crippen LogP contribution in [0.5, 0.6) is 0 Å². The SMILES string of the molecule is C=C1CC2CCCC[C@]2(C)[C@H]2CC[C@]3(C=N)C(=O)CC[C@H]3[C@H]12. The van der Waals surface area contributed by atoms with Crippen LogP contribution in [0, 0.1) is 39.9 Å². The average Bonchev–Trinajstić information content (AvgIpc) is 2.86. The molecule has 0 amide bonds. The summed E-state index contributed by atoms with van der Waals surface area (Å²) in [5, 5.41) is 7.97. The molecule has 4 aliphatic rings. The van der Waals surface area contributed by atoms with E-state index in [9.17, 15) is 4.79 Å². The maximum Gasteiger partial charge on any atom is 0.144 e. The van der Waals surface area contributed by atoms with Crippen molar-refractivity contribution in [2.45, 2.75) is 64.7 Å². The first-order chi connectivity index (χ1) is 10.5. The van der Waals surface area contributed by atoms with Crippen LogP contribution < -0.4 is 0 Å². The molecule has 4 saturated carbocycles. The third kappa shape index (κ3) is 1.67. The Morgan fingerprint density at radius 2 is 2.00 bits per heavy atom. The summed E-state index contributed by atoms with van der Waals surface area (Å²) in [4.78, 5) is 12.5. The highest BCUT2D eigenvalue weighted by Gasteiger charge is 2.61. The largest absolute Gasteiger partial charge is 0.312 e. The molecule has 22 heavy (non-hydrogen) atoms. The number of carbonyl (C=O) groups excluding carboxylic acids is 1. The Morgan fingerprint density at radius 1 is 1.18 bits per heavy atom. The van der Waals surface area contributed by atoms with Crippen molar-refractivity contribution in [2.24, 2.45) is 34.5 Å². The maximum absolute atomic E-state index is 12.5. The molecule has 0 aromatic carbocycles. The van der Waals surface area contributed by atoms with Gasteiger partial charge >= 0.3 is 0 Å². The van der Waals surface area contributed by atoms with Gasteiger partial charge in [0.2, 0.25) is 0 Å². The van der Waals surface area contributed by atoms with E-state index in [2.05, 4.69) is 13.5 Å². The van der Waals surface area contributed by atoms with E-state index in [0.29, 0.717) is 35.4 Å². The number of fused-ring (bicyclic) bond motifs is 5. The number of Topliss-reactive ketones (excluding diaryl/α,β-unsaturated/α-hetero) is 1. The van der Waals surface area contributed by atoms with Gasteiger partial charge in [-0.2, -0.15) is 0 Å². The third-order valence-corrected chi connectivity index (χ3v) is 8.13. The summed E-state index contributed by atoms with van der Waals surface area (Å²) in [6.45, 7) is 7.02. The first-order valence-corrected chi connectivity index (χ1v) is 9.25. The molecule has 0 aromatic rings. The molecule has 0 saturated heterocycles. The minimum Gasteiger partial charge on any atom is -0.312 e. The monoisotopic (exact) mass is 299 g/mol. The molecule has 4 aliphatic carbocycles. The Balaban J connectivity index is 1.74. The summed E-state index contributed by atoms with van der Waals surface area (Å²) in [6, 6.07) is 0. The number of carbonyl (C=O) groups is 1. The molecule has 0 aliphatic heterocycles. The highest BCUT2D eigenvalue weighted by molar-refractivity contribution is 6.01. The lowest BCUT2D eigenvalue weighted by Gasteiger charge is -2.60. The van der Waals surface area contributed by atoms with Crippen LogP contribution in [0.25, 0.3) is 0 Å². The number of hydrogen-bond acceptors (Lipinski definition) is 2. The van der Waals surface area contributed by atoms with Crippen LogP contribution in [0.2, 0.25) is 0 Å². The first kappa shape index (κ1) is 14.7. The van der Waals surface area contributed by atoms with Crippen LogP contribution in [-0.4, -0.2) is 12.0 Å². The molecular weight excluding hydrogens is 270 g/mol. The Bertz CT molecular complexity index is 538. The van der Waals surface area contributed by atoms with Gasteiger partial charge in [-0.15, -0.1) is 0 Å². The zero-order valence-corrected chi connectivity index (χ0v) is 13.9. The Morgan fingerprint density at radius 3 is 2.77 bits per heavy atom. The molecule has 0 heterocycles. The molecule has 2 nitrogen and oxygen atoms in total. The van der Waals surface area contributed by atoms with Gasteiger partial charge < -0.3 is 5.41 Å². The molecule has 2 heteroatoms. The summed E-state index contributed by atoms with van der Waals surface area (Å²) in [7, 11) is 0. The molecule has 120 valence electrons. The van der Waals surface area contributed by atoms with Gasteiger partial charge in [-0.3, -0.25) is 4.79 Å². The number of nitrogens with one attached hydrogen (secondary N) is 1. The Kier molecular flexibility index (Phi) is 3.19. The standard InChI is InChI=1S/C20H29NO/c1-13-11-14-5-3-4-9-19(14,2)15-8-10-20(12-21)16(18(13)15)6-7-17(20)22/h12,14-16,18,21H,1,3-11H2,2H3/t14?,15-,16-,18+,19-,20+/m0/s1. The Labute approximate surface area is 134 Å². The number of hydrogen-bond donors (Lipinski definition) is 1. The number of ketones is 1. The van der Waals surface area contributed by atoms with Crippen LogP contribution in [-0.2, 0) is 4.79 Å². The molecule has 6 atom stereocenters. The molecule has 1 unspecified atom stereocenters.